The first-order valence-corrected chi connectivity index (χ1v) is 13.6. The molecule has 0 saturated carbocycles. The summed E-state index contributed by atoms with van der Waals surface area (Å²) < 4.78 is 20.2. The molecular weight excluding hydrogens is 483 g/mol. The normalized spacial score (nSPS) is 17.6. The quantitative estimate of drug-likeness (QED) is 0.294. The average molecular weight is 525 g/mol. The first-order chi connectivity index (χ1) is 17.9. The van der Waals surface area contributed by atoms with Crippen LogP contribution in [-0.4, -0.2) is 48.9 Å². The molecule has 1 heterocycles. The van der Waals surface area contributed by atoms with E-state index >= 15 is 0 Å². The Morgan fingerprint density at radius 1 is 1.08 bits per heavy atom. The maximum absolute atomic E-state index is 14.7. The summed E-state index contributed by atoms with van der Waals surface area (Å²) in [5.74, 6) is -2.80. The molecule has 38 heavy (non-hydrogen) atoms. The smallest absolute Gasteiger partial charge is 0.295 e. The van der Waals surface area contributed by atoms with Crippen LogP contribution in [0.25, 0.3) is 5.76 Å². The minimum Gasteiger partial charge on any atom is -0.872 e. The maximum Gasteiger partial charge on any atom is 0.295 e. The zero-order valence-electron chi connectivity index (χ0n) is 23.7. The molecule has 1 atom stereocenters. The Kier molecular flexibility index (Phi) is 9.36. The number of amides is 1. The molecule has 7 heteroatoms. The molecule has 3 rings (SSSR count). The highest BCUT2D eigenvalue weighted by Crippen LogP contribution is 2.39. The Morgan fingerprint density at radius 3 is 2.24 bits per heavy atom. The van der Waals surface area contributed by atoms with Gasteiger partial charge in [0.25, 0.3) is 5.91 Å². The fourth-order valence-electron chi connectivity index (χ4n) is 4.86. The van der Waals surface area contributed by atoms with Crippen molar-refractivity contribution in [2.75, 3.05) is 26.2 Å². The topological polar surface area (TPSA) is 74.1 Å². The van der Waals surface area contributed by atoms with E-state index in [1.165, 1.54) is 21.9 Å². The van der Waals surface area contributed by atoms with E-state index in [0.29, 0.717) is 18.5 Å². The summed E-state index contributed by atoms with van der Waals surface area (Å²) in [7, 11) is 0. The summed E-state index contributed by atoms with van der Waals surface area (Å²) in [6.07, 6.45) is 0.464. The van der Waals surface area contributed by atoms with Gasteiger partial charge in [0.05, 0.1) is 31.8 Å². The van der Waals surface area contributed by atoms with Crippen LogP contribution < -0.4 is 14.7 Å². The van der Waals surface area contributed by atoms with Crippen LogP contribution in [0.15, 0.2) is 48.0 Å². The summed E-state index contributed by atoms with van der Waals surface area (Å²) in [5, 5.41) is 13.7. The minimum atomic E-state index is -0.821. The van der Waals surface area contributed by atoms with E-state index in [2.05, 4.69) is 34.6 Å². The number of hydrogen-bond acceptors (Lipinski definition) is 4. The molecular formula is C31H41FN2O4. The van der Waals surface area contributed by atoms with Gasteiger partial charge in [-0.1, -0.05) is 56.9 Å². The van der Waals surface area contributed by atoms with E-state index in [9.17, 15) is 19.1 Å². The third-order valence-corrected chi connectivity index (χ3v) is 7.11. The van der Waals surface area contributed by atoms with Crippen molar-refractivity contribution < 1.29 is 28.7 Å². The number of Topliss-reactive ketones (excluding diaryl/α,β-unsaturated/α-hetero) is 1. The summed E-state index contributed by atoms with van der Waals surface area (Å²) in [5.41, 5.74) is 1.59. The van der Waals surface area contributed by atoms with E-state index in [0.717, 1.165) is 31.3 Å². The molecule has 2 aromatic carbocycles. The van der Waals surface area contributed by atoms with Gasteiger partial charge in [-0.3, -0.25) is 9.59 Å². The number of ketones is 1. The van der Waals surface area contributed by atoms with Crippen LogP contribution in [0.5, 0.6) is 5.75 Å². The van der Waals surface area contributed by atoms with Gasteiger partial charge in [0.2, 0.25) is 5.78 Å². The van der Waals surface area contributed by atoms with Crippen LogP contribution in [0.4, 0.5) is 4.39 Å². The molecule has 0 aliphatic carbocycles. The van der Waals surface area contributed by atoms with Gasteiger partial charge in [-0.05, 0) is 61.9 Å². The van der Waals surface area contributed by atoms with Crippen LogP contribution in [-0.2, 0) is 15.0 Å². The highest BCUT2D eigenvalue weighted by molar-refractivity contribution is 6.46. The van der Waals surface area contributed by atoms with Crippen LogP contribution in [0.2, 0.25) is 0 Å². The number of benzene rings is 2. The second kappa shape index (κ2) is 12.1. The van der Waals surface area contributed by atoms with E-state index < -0.39 is 29.3 Å². The van der Waals surface area contributed by atoms with Crippen LogP contribution >= 0.6 is 0 Å². The van der Waals surface area contributed by atoms with Crippen LogP contribution in [0, 0.1) is 5.82 Å². The third-order valence-electron chi connectivity index (χ3n) is 7.11. The maximum atomic E-state index is 14.7. The molecule has 1 aliphatic rings. The number of rotatable bonds is 10. The number of quaternary nitrogens is 1. The largest absolute Gasteiger partial charge is 0.872 e. The average Bonchev–Trinajstić information content (AvgIpc) is 3.11. The van der Waals surface area contributed by atoms with Crippen molar-refractivity contribution in [1.82, 2.24) is 4.90 Å². The zero-order valence-corrected chi connectivity index (χ0v) is 23.7. The number of likely N-dealkylation sites (tertiary alicyclic amines) is 1. The van der Waals surface area contributed by atoms with Crippen molar-refractivity contribution in [3.8, 4) is 5.75 Å². The van der Waals surface area contributed by atoms with Crippen molar-refractivity contribution in [2.24, 2.45) is 0 Å². The lowest BCUT2D eigenvalue weighted by atomic mass is 9.85. The highest BCUT2D eigenvalue weighted by Gasteiger charge is 2.44. The first-order valence-electron chi connectivity index (χ1n) is 13.6. The Hall–Kier alpha value is -3.19. The van der Waals surface area contributed by atoms with Gasteiger partial charge >= 0.3 is 0 Å². The van der Waals surface area contributed by atoms with Gasteiger partial charge in [-0.2, -0.15) is 0 Å². The highest BCUT2D eigenvalue weighted by atomic mass is 19.1. The molecule has 1 aliphatic heterocycles. The zero-order chi connectivity index (χ0) is 28.2. The SMILES string of the molecule is CC[NH+](CC)CCCN1C(=O)C(=O)C(=C([O-])c2ccc(OC(C)C)c(F)c2)C1c1ccc(C(C)(C)C)cc1. The van der Waals surface area contributed by atoms with Crippen molar-refractivity contribution >= 4 is 17.4 Å². The summed E-state index contributed by atoms with van der Waals surface area (Å²) in [4.78, 5) is 29.4. The van der Waals surface area contributed by atoms with E-state index in [1.54, 1.807) is 13.8 Å². The molecule has 206 valence electrons. The monoisotopic (exact) mass is 524 g/mol. The van der Waals surface area contributed by atoms with Crippen molar-refractivity contribution in [2.45, 2.75) is 72.4 Å². The molecule has 1 amide bonds. The molecule has 1 fully saturated rings. The van der Waals surface area contributed by atoms with E-state index in [-0.39, 0.29) is 28.4 Å². The van der Waals surface area contributed by atoms with Gasteiger partial charge in [-0.15, -0.1) is 0 Å². The predicted octanol–water partition coefficient (Wildman–Crippen LogP) is 3.45. The number of hydrogen-bond donors (Lipinski definition) is 1. The second-order valence-corrected chi connectivity index (χ2v) is 11.2. The molecule has 1 N–H and O–H groups in total. The summed E-state index contributed by atoms with van der Waals surface area (Å²) in [6, 6.07) is 10.8. The molecule has 1 saturated heterocycles. The molecule has 0 bridgehead atoms. The number of nitrogens with zero attached hydrogens (tertiary/aromatic N) is 1. The van der Waals surface area contributed by atoms with E-state index in [1.807, 2.05) is 24.3 Å². The number of carbonyl (C=O) groups excluding carboxylic acids is 2. The number of ether oxygens (including phenoxy) is 1. The predicted molar refractivity (Wildman–Crippen MR) is 145 cm³/mol. The standard InChI is InChI=1S/C31H41FN2O4/c1-8-33(9-2)17-10-18-34-27(21-11-14-23(15-12-21)31(5,6)7)26(29(36)30(34)37)28(35)22-13-16-25(24(32)19-22)38-20(3)4/h11-16,19-20,27,35H,8-10,17-18H2,1-7H3. The number of halogens is 1. The molecule has 6 nitrogen and oxygen atoms in total. The lowest BCUT2D eigenvalue weighted by molar-refractivity contribution is -0.896. The lowest BCUT2D eigenvalue weighted by Crippen LogP contribution is -3.11. The Labute approximate surface area is 226 Å². The summed E-state index contributed by atoms with van der Waals surface area (Å²) in [6.45, 7) is 17.3. The number of nitrogens with one attached hydrogen (secondary N) is 1. The molecule has 1 unspecified atom stereocenters. The van der Waals surface area contributed by atoms with Gasteiger partial charge in [0.15, 0.2) is 11.6 Å². The summed E-state index contributed by atoms with van der Waals surface area (Å²) >= 11 is 0. The van der Waals surface area contributed by atoms with Crippen molar-refractivity contribution in [3.63, 3.8) is 0 Å². The van der Waals surface area contributed by atoms with Gasteiger partial charge in [0, 0.05) is 18.5 Å². The lowest BCUT2D eigenvalue weighted by Gasteiger charge is -2.29. The van der Waals surface area contributed by atoms with Gasteiger partial charge in [-0.25, -0.2) is 4.39 Å². The minimum absolute atomic E-state index is 0.0144. The first kappa shape index (κ1) is 29.4. The fourth-order valence-corrected chi connectivity index (χ4v) is 4.86. The van der Waals surface area contributed by atoms with Gasteiger partial charge < -0.3 is 19.6 Å². The van der Waals surface area contributed by atoms with Crippen molar-refractivity contribution in [3.05, 3.63) is 70.5 Å². The molecule has 0 radical (unpaired) electrons. The Morgan fingerprint density at radius 2 is 1.71 bits per heavy atom. The van der Waals surface area contributed by atoms with E-state index in [4.69, 9.17) is 4.74 Å². The van der Waals surface area contributed by atoms with Gasteiger partial charge in [0.1, 0.15) is 0 Å². The Bertz CT molecular complexity index is 1180. The molecule has 0 aromatic heterocycles. The fraction of sp³-hybridized carbons (Fsp3) is 0.484. The second-order valence-electron chi connectivity index (χ2n) is 11.2. The molecule has 2 aromatic rings. The number of carbonyl (C=O) groups is 2. The van der Waals surface area contributed by atoms with Crippen LogP contribution in [0.1, 0.15) is 77.6 Å². The third kappa shape index (κ3) is 6.44. The van der Waals surface area contributed by atoms with Crippen molar-refractivity contribution in [1.29, 1.82) is 0 Å². The molecule has 0 spiro atoms. The van der Waals surface area contributed by atoms with Crippen LogP contribution in [0.3, 0.4) is 0 Å². The Balaban J connectivity index is 2.07.